The molecule has 1 aliphatic carbocycles. The van der Waals surface area contributed by atoms with Crippen molar-refractivity contribution in [3.8, 4) is 11.3 Å². The molecule has 0 saturated heterocycles. The molecule has 100 valence electrons. The number of benzene rings is 1. The second kappa shape index (κ2) is 5.05. The lowest BCUT2D eigenvalue weighted by Gasteiger charge is -2.28. The Bertz CT molecular complexity index is 550. The van der Waals surface area contributed by atoms with E-state index >= 15 is 0 Å². The summed E-state index contributed by atoms with van der Waals surface area (Å²) in [6.07, 6.45) is 3.66. The lowest BCUT2D eigenvalue weighted by molar-refractivity contribution is 0.0707. The summed E-state index contributed by atoms with van der Waals surface area (Å²) in [5.74, 6) is 0.629. The molecular weight excluding hydrogens is 238 g/mol. The van der Waals surface area contributed by atoms with Crippen LogP contribution in [0.15, 0.2) is 36.4 Å². The second-order valence-electron chi connectivity index (χ2n) is 5.18. The maximum atomic E-state index is 10.1. The Morgan fingerprint density at radius 2 is 1.89 bits per heavy atom. The van der Waals surface area contributed by atoms with Gasteiger partial charge in [-0.05, 0) is 12.8 Å². The van der Waals surface area contributed by atoms with E-state index in [2.05, 4.69) is 5.10 Å². The van der Waals surface area contributed by atoms with E-state index < -0.39 is 0 Å². The minimum atomic E-state index is -0.334. The fourth-order valence-corrected chi connectivity index (χ4v) is 2.80. The van der Waals surface area contributed by atoms with Crippen molar-refractivity contribution >= 4 is 5.82 Å². The first-order valence-corrected chi connectivity index (χ1v) is 6.84. The summed E-state index contributed by atoms with van der Waals surface area (Å²) in [5, 5.41) is 14.7. The van der Waals surface area contributed by atoms with Crippen LogP contribution in [0.3, 0.4) is 0 Å². The van der Waals surface area contributed by atoms with Crippen molar-refractivity contribution in [1.82, 2.24) is 9.78 Å². The summed E-state index contributed by atoms with van der Waals surface area (Å²) in [6, 6.07) is 11.9. The van der Waals surface area contributed by atoms with Gasteiger partial charge in [0.25, 0.3) is 0 Å². The average Bonchev–Trinajstić information content (AvgIpc) is 2.82. The lowest BCUT2D eigenvalue weighted by atomic mass is 9.93. The topological polar surface area (TPSA) is 64.1 Å². The van der Waals surface area contributed by atoms with E-state index in [0.717, 1.165) is 36.9 Å². The molecule has 2 atom stereocenters. The molecule has 1 heterocycles. The Morgan fingerprint density at radius 3 is 2.63 bits per heavy atom. The summed E-state index contributed by atoms with van der Waals surface area (Å²) in [4.78, 5) is 0. The van der Waals surface area contributed by atoms with E-state index in [1.54, 1.807) is 4.68 Å². The molecule has 1 aromatic carbocycles. The quantitative estimate of drug-likeness (QED) is 0.869. The van der Waals surface area contributed by atoms with Gasteiger partial charge in [-0.15, -0.1) is 0 Å². The molecule has 3 N–H and O–H groups in total. The van der Waals surface area contributed by atoms with E-state index in [1.807, 2.05) is 36.4 Å². The van der Waals surface area contributed by atoms with Gasteiger partial charge >= 0.3 is 0 Å². The van der Waals surface area contributed by atoms with Crippen LogP contribution >= 0.6 is 0 Å². The van der Waals surface area contributed by atoms with Gasteiger partial charge in [0.1, 0.15) is 5.82 Å². The molecule has 2 aromatic rings. The molecule has 0 bridgehead atoms. The molecule has 4 nitrogen and oxygen atoms in total. The van der Waals surface area contributed by atoms with Gasteiger partial charge in [-0.3, -0.25) is 0 Å². The lowest BCUT2D eigenvalue weighted by Crippen LogP contribution is -2.29. The van der Waals surface area contributed by atoms with Crippen LogP contribution in [0.4, 0.5) is 5.82 Å². The summed E-state index contributed by atoms with van der Waals surface area (Å²) >= 11 is 0. The molecule has 1 fully saturated rings. The maximum absolute atomic E-state index is 10.1. The number of anilines is 1. The van der Waals surface area contributed by atoms with Crippen molar-refractivity contribution in [2.24, 2.45) is 0 Å². The smallest absolute Gasteiger partial charge is 0.122 e. The van der Waals surface area contributed by atoms with Gasteiger partial charge in [0.2, 0.25) is 0 Å². The standard InChI is InChI=1S/C15H19N3O/c16-15-10-12(11-6-2-1-3-7-11)17-18(15)13-8-4-5-9-14(13)19/h1-3,6-7,10,13-14,19H,4-5,8-9,16H2. The predicted octanol–water partition coefficient (Wildman–Crippen LogP) is 2.61. The number of aliphatic hydroxyl groups is 1. The number of rotatable bonds is 2. The summed E-state index contributed by atoms with van der Waals surface area (Å²) < 4.78 is 1.80. The second-order valence-corrected chi connectivity index (χ2v) is 5.18. The number of hydrogen-bond donors (Lipinski definition) is 2. The van der Waals surface area contributed by atoms with Crippen molar-refractivity contribution in [2.45, 2.75) is 37.8 Å². The molecule has 0 spiro atoms. The molecule has 4 heteroatoms. The highest BCUT2D eigenvalue weighted by molar-refractivity contribution is 5.62. The zero-order valence-electron chi connectivity index (χ0n) is 10.9. The first kappa shape index (κ1) is 12.2. The van der Waals surface area contributed by atoms with E-state index in [4.69, 9.17) is 5.73 Å². The van der Waals surface area contributed by atoms with Crippen molar-refractivity contribution in [3.63, 3.8) is 0 Å². The zero-order chi connectivity index (χ0) is 13.2. The van der Waals surface area contributed by atoms with Crippen LogP contribution in [0.1, 0.15) is 31.7 Å². The normalized spacial score (nSPS) is 23.4. The number of nitrogens with zero attached hydrogens (tertiary/aromatic N) is 2. The van der Waals surface area contributed by atoms with Crippen LogP contribution in [-0.2, 0) is 0 Å². The molecule has 1 aliphatic rings. The van der Waals surface area contributed by atoms with Gasteiger partial charge < -0.3 is 10.8 Å². The monoisotopic (exact) mass is 257 g/mol. The maximum Gasteiger partial charge on any atom is 0.122 e. The molecule has 0 radical (unpaired) electrons. The minimum Gasteiger partial charge on any atom is -0.391 e. The first-order chi connectivity index (χ1) is 9.25. The van der Waals surface area contributed by atoms with Crippen molar-refractivity contribution in [2.75, 3.05) is 5.73 Å². The molecule has 0 aliphatic heterocycles. The third-order valence-electron chi connectivity index (χ3n) is 3.84. The van der Waals surface area contributed by atoms with Crippen LogP contribution in [0, 0.1) is 0 Å². The third-order valence-corrected chi connectivity index (χ3v) is 3.84. The Balaban J connectivity index is 1.93. The number of aliphatic hydroxyl groups excluding tert-OH is 1. The average molecular weight is 257 g/mol. The van der Waals surface area contributed by atoms with E-state index in [1.165, 1.54) is 0 Å². The molecular formula is C15H19N3O. The van der Waals surface area contributed by atoms with Crippen LogP contribution in [-0.4, -0.2) is 21.0 Å². The molecule has 19 heavy (non-hydrogen) atoms. The van der Waals surface area contributed by atoms with Crippen LogP contribution in [0.5, 0.6) is 0 Å². The Kier molecular flexibility index (Phi) is 3.25. The van der Waals surface area contributed by atoms with Gasteiger partial charge in [-0.2, -0.15) is 5.10 Å². The number of hydrogen-bond acceptors (Lipinski definition) is 3. The zero-order valence-corrected chi connectivity index (χ0v) is 10.9. The van der Waals surface area contributed by atoms with E-state index in [9.17, 15) is 5.11 Å². The highest BCUT2D eigenvalue weighted by Gasteiger charge is 2.27. The fraction of sp³-hybridized carbons (Fsp3) is 0.400. The summed E-state index contributed by atoms with van der Waals surface area (Å²) in [5.41, 5.74) is 7.99. The van der Waals surface area contributed by atoms with Gasteiger partial charge in [0.05, 0.1) is 17.8 Å². The van der Waals surface area contributed by atoms with E-state index in [-0.39, 0.29) is 12.1 Å². The molecule has 0 amide bonds. The van der Waals surface area contributed by atoms with Gasteiger partial charge in [-0.25, -0.2) is 4.68 Å². The van der Waals surface area contributed by atoms with Crippen molar-refractivity contribution in [3.05, 3.63) is 36.4 Å². The SMILES string of the molecule is Nc1cc(-c2ccccc2)nn1C1CCCCC1O. The van der Waals surface area contributed by atoms with Gasteiger partial charge in [0.15, 0.2) is 0 Å². The highest BCUT2D eigenvalue weighted by Crippen LogP contribution is 2.31. The van der Waals surface area contributed by atoms with E-state index in [0.29, 0.717) is 5.82 Å². The van der Waals surface area contributed by atoms with Gasteiger partial charge in [-0.1, -0.05) is 43.2 Å². The number of nitrogens with two attached hydrogens (primary N) is 1. The van der Waals surface area contributed by atoms with Crippen LogP contribution < -0.4 is 5.73 Å². The van der Waals surface area contributed by atoms with Crippen LogP contribution in [0.2, 0.25) is 0 Å². The Labute approximate surface area is 112 Å². The molecule has 3 rings (SSSR count). The Morgan fingerprint density at radius 1 is 1.16 bits per heavy atom. The predicted molar refractivity (Wildman–Crippen MR) is 75.6 cm³/mol. The molecule has 1 aromatic heterocycles. The highest BCUT2D eigenvalue weighted by atomic mass is 16.3. The third kappa shape index (κ3) is 2.36. The number of nitrogen functional groups attached to an aromatic ring is 1. The first-order valence-electron chi connectivity index (χ1n) is 6.84. The number of aromatic nitrogens is 2. The molecule has 2 unspecified atom stereocenters. The van der Waals surface area contributed by atoms with Crippen molar-refractivity contribution in [1.29, 1.82) is 0 Å². The fourth-order valence-electron chi connectivity index (χ4n) is 2.80. The summed E-state index contributed by atoms with van der Waals surface area (Å²) in [7, 11) is 0. The molecule has 1 saturated carbocycles. The minimum absolute atomic E-state index is 0.0196. The van der Waals surface area contributed by atoms with Crippen molar-refractivity contribution < 1.29 is 5.11 Å². The van der Waals surface area contributed by atoms with Crippen LogP contribution in [0.25, 0.3) is 11.3 Å². The summed E-state index contributed by atoms with van der Waals surface area (Å²) in [6.45, 7) is 0. The Hall–Kier alpha value is -1.81. The largest absolute Gasteiger partial charge is 0.391 e. The van der Waals surface area contributed by atoms with Gasteiger partial charge in [0, 0.05) is 11.6 Å².